The highest BCUT2D eigenvalue weighted by Gasteiger charge is 2.18. The molecule has 1 amide bonds. The third-order valence-electron chi connectivity index (χ3n) is 4.76. The Morgan fingerprint density at radius 2 is 1.80 bits per heavy atom. The maximum Gasteiger partial charge on any atom is 0.242 e. The number of likely N-dealkylation sites (tertiary alicyclic amines) is 1. The highest BCUT2D eigenvalue weighted by Crippen LogP contribution is 2.23. The van der Waals surface area contributed by atoms with Gasteiger partial charge in [-0.05, 0) is 42.0 Å². The predicted octanol–water partition coefficient (Wildman–Crippen LogP) is 3.84. The summed E-state index contributed by atoms with van der Waals surface area (Å²) in [6, 6.07) is 18.2. The summed E-state index contributed by atoms with van der Waals surface area (Å²) in [6.45, 7) is 2.72. The van der Waals surface area contributed by atoms with Crippen molar-refractivity contribution in [2.75, 3.05) is 13.1 Å². The number of rotatable bonds is 5. The molecule has 1 fully saturated rings. The molecule has 0 radical (unpaired) electrons. The average molecular weight is 334 g/mol. The van der Waals surface area contributed by atoms with Gasteiger partial charge < -0.3 is 14.2 Å². The second-order valence-electron chi connectivity index (χ2n) is 6.53. The largest absolute Gasteiger partial charge is 0.489 e. The van der Waals surface area contributed by atoms with Crippen LogP contribution in [0.4, 0.5) is 0 Å². The molecular formula is C21H22N2O2. The minimum Gasteiger partial charge on any atom is -0.489 e. The first-order valence-corrected chi connectivity index (χ1v) is 8.83. The molecule has 4 nitrogen and oxygen atoms in total. The molecule has 0 atom stereocenters. The summed E-state index contributed by atoms with van der Waals surface area (Å²) in [5.41, 5.74) is 2.18. The summed E-state index contributed by atoms with van der Waals surface area (Å²) in [4.78, 5) is 14.4. The number of hydrogen-bond donors (Lipinski definition) is 0. The van der Waals surface area contributed by atoms with Crippen molar-refractivity contribution in [2.24, 2.45) is 0 Å². The van der Waals surface area contributed by atoms with Gasteiger partial charge in [-0.15, -0.1) is 0 Å². The summed E-state index contributed by atoms with van der Waals surface area (Å²) in [5, 5.41) is 1.13. The number of nitrogens with zero attached hydrogens (tertiary/aromatic N) is 2. The van der Waals surface area contributed by atoms with E-state index in [2.05, 4.69) is 12.1 Å². The molecule has 1 saturated heterocycles. The number of carbonyl (C=O) groups excluding carboxylic acids is 1. The van der Waals surface area contributed by atoms with Crippen LogP contribution < -0.4 is 4.74 Å². The Kier molecular flexibility index (Phi) is 4.42. The molecule has 0 N–H and O–H groups in total. The highest BCUT2D eigenvalue weighted by atomic mass is 16.5. The van der Waals surface area contributed by atoms with Crippen molar-refractivity contribution in [1.29, 1.82) is 0 Å². The summed E-state index contributed by atoms with van der Waals surface area (Å²) < 4.78 is 7.94. The van der Waals surface area contributed by atoms with Crippen molar-refractivity contribution in [3.8, 4) is 5.75 Å². The smallest absolute Gasteiger partial charge is 0.242 e. The Hall–Kier alpha value is -2.75. The van der Waals surface area contributed by atoms with Crippen LogP contribution in [-0.2, 0) is 17.9 Å². The summed E-state index contributed by atoms with van der Waals surface area (Å²) in [6.07, 6.45) is 4.23. The fourth-order valence-electron chi connectivity index (χ4n) is 3.34. The topological polar surface area (TPSA) is 34.5 Å². The minimum absolute atomic E-state index is 0.200. The van der Waals surface area contributed by atoms with E-state index in [-0.39, 0.29) is 5.91 Å². The van der Waals surface area contributed by atoms with E-state index < -0.39 is 0 Å². The van der Waals surface area contributed by atoms with Crippen LogP contribution in [0.25, 0.3) is 10.9 Å². The molecule has 0 aliphatic carbocycles. The number of aromatic nitrogens is 1. The first-order chi connectivity index (χ1) is 12.3. The van der Waals surface area contributed by atoms with Crippen molar-refractivity contribution in [3.05, 3.63) is 66.4 Å². The zero-order valence-electron chi connectivity index (χ0n) is 14.2. The van der Waals surface area contributed by atoms with Crippen molar-refractivity contribution in [2.45, 2.75) is 26.0 Å². The Labute approximate surface area is 147 Å². The zero-order chi connectivity index (χ0) is 17.1. The van der Waals surface area contributed by atoms with Crippen LogP contribution in [0, 0.1) is 0 Å². The van der Waals surface area contributed by atoms with Gasteiger partial charge in [-0.2, -0.15) is 0 Å². The van der Waals surface area contributed by atoms with Crippen molar-refractivity contribution >= 4 is 16.8 Å². The Morgan fingerprint density at radius 1 is 1.00 bits per heavy atom. The lowest BCUT2D eigenvalue weighted by Gasteiger charge is -2.16. The van der Waals surface area contributed by atoms with Crippen LogP contribution in [0.15, 0.2) is 60.8 Å². The van der Waals surface area contributed by atoms with Crippen LogP contribution in [0.1, 0.15) is 18.4 Å². The second kappa shape index (κ2) is 7.01. The predicted molar refractivity (Wildman–Crippen MR) is 98.5 cm³/mol. The monoisotopic (exact) mass is 334 g/mol. The van der Waals surface area contributed by atoms with Crippen molar-refractivity contribution in [1.82, 2.24) is 9.47 Å². The first-order valence-electron chi connectivity index (χ1n) is 8.83. The van der Waals surface area contributed by atoms with Gasteiger partial charge >= 0.3 is 0 Å². The van der Waals surface area contributed by atoms with Crippen molar-refractivity contribution < 1.29 is 9.53 Å². The first kappa shape index (κ1) is 15.8. The van der Waals surface area contributed by atoms with Crippen LogP contribution in [0.2, 0.25) is 0 Å². The number of benzene rings is 2. The minimum atomic E-state index is 0.200. The molecule has 1 aromatic heterocycles. The van der Waals surface area contributed by atoms with E-state index in [4.69, 9.17) is 4.74 Å². The lowest BCUT2D eigenvalue weighted by molar-refractivity contribution is -0.130. The Bertz CT molecular complexity index is 864. The fourth-order valence-corrected chi connectivity index (χ4v) is 3.34. The van der Waals surface area contributed by atoms with Gasteiger partial charge in [0.2, 0.25) is 5.91 Å². The van der Waals surface area contributed by atoms with Gasteiger partial charge in [0.1, 0.15) is 18.9 Å². The van der Waals surface area contributed by atoms with Gasteiger partial charge in [-0.25, -0.2) is 0 Å². The second-order valence-corrected chi connectivity index (χ2v) is 6.53. The lowest BCUT2D eigenvalue weighted by Crippen LogP contribution is -2.30. The van der Waals surface area contributed by atoms with E-state index in [0.29, 0.717) is 13.2 Å². The summed E-state index contributed by atoms with van der Waals surface area (Å²) in [5.74, 6) is 1.02. The standard InChI is InChI=1S/C21H22N2O2/c24-21(22-11-4-5-12-22)15-23-13-10-18-8-9-19(14-20(18)23)25-16-17-6-2-1-3-7-17/h1-3,6-10,13-14H,4-5,11-12,15-16H2. The molecule has 3 aromatic rings. The van der Waals surface area contributed by atoms with E-state index in [9.17, 15) is 4.79 Å². The molecule has 128 valence electrons. The van der Waals surface area contributed by atoms with E-state index in [1.807, 2.05) is 58.1 Å². The number of hydrogen-bond acceptors (Lipinski definition) is 2. The Morgan fingerprint density at radius 3 is 2.60 bits per heavy atom. The molecule has 2 heterocycles. The Balaban J connectivity index is 1.50. The third kappa shape index (κ3) is 3.53. The molecule has 4 rings (SSSR count). The normalized spacial score (nSPS) is 14.2. The number of fused-ring (bicyclic) bond motifs is 1. The molecule has 4 heteroatoms. The molecule has 25 heavy (non-hydrogen) atoms. The molecule has 0 unspecified atom stereocenters. The molecule has 1 aliphatic rings. The average Bonchev–Trinajstić information content (AvgIpc) is 3.31. The molecule has 1 aliphatic heterocycles. The van der Waals surface area contributed by atoms with Gasteiger partial charge in [-0.1, -0.05) is 30.3 Å². The van der Waals surface area contributed by atoms with Gasteiger partial charge in [0.25, 0.3) is 0 Å². The lowest BCUT2D eigenvalue weighted by atomic mass is 10.2. The van der Waals surface area contributed by atoms with Crippen LogP contribution in [-0.4, -0.2) is 28.5 Å². The van der Waals surface area contributed by atoms with Gasteiger partial charge in [0.15, 0.2) is 0 Å². The van der Waals surface area contributed by atoms with Gasteiger partial charge in [0, 0.05) is 25.4 Å². The number of ether oxygens (including phenoxy) is 1. The molecule has 2 aromatic carbocycles. The molecular weight excluding hydrogens is 312 g/mol. The maximum absolute atomic E-state index is 12.4. The zero-order valence-corrected chi connectivity index (χ0v) is 14.2. The van der Waals surface area contributed by atoms with Crippen molar-refractivity contribution in [3.63, 3.8) is 0 Å². The quantitative estimate of drug-likeness (QED) is 0.710. The third-order valence-corrected chi connectivity index (χ3v) is 4.76. The van der Waals surface area contributed by atoms with E-state index in [0.717, 1.165) is 48.1 Å². The van der Waals surface area contributed by atoms with E-state index in [1.54, 1.807) is 0 Å². The highest BCUT2D eigenvalue weighted by molar-refractivity contribution is 5.84. The molecule has 0 spiro atoms. The van der Waals surface area contributed by atoms with Gasteiger partial charge in [0.05, 0.1) is 5.52 Å². The maximum atomic E-state index is 12.4. The van der Waals surface area contributed by atoms with Crippen LogP contribution >= 0.6 is 0 Å². The summed E-state index contributed by atoms with van der Waals surface area (Å²) >= 11 is 0. The summed E-state index contributed by atoms with van der Waals surface area (Å²) in [7, 11) is 0. The van der Waals surface area contributed by atoms with Gasteiger partial charge in [-0.3, -0.25) is 4.79 Å². The number of carbonyl (C=O) groups is 1. The molecule has 0 saturated carbocycles. The fraction of sp³-hybridized carbons (Fsp3) is 0.286. The van der Waals surface area contributed by atoms with Crippen LogP contribution in [0.5, 0.6) is 5.75 Å². The number of amides is 1. The SMILES string of the molecule is O=C(Cn1ccc2ccc(OCc3ccccc3)cc21)N1CCCC1. The van der Waals surface area contributed by atoms with E-state index >= 15 is 0 Å². The van der Waals surface area contributed by atoms with Crippen LogP contribution in [0.3, 0.4) is 0 Å². The molecule has 0 bridgehead atoms. The van der Waals surface area contributed by atoms with E-state index in [1.165, 1.54) is 0 Å².